The molecule has 0 radical (unpaired) electrons. The topological polar surface area (TPSA) is 56.2 Å². The normalized spacial score (nSPS) is 10.5. The zero-order chi connectivity index (χ0) is 17.6. The van der Waals surface area contributed by atoms with E-state index in [1.807, 2.05) is 36.4 Å². The van der Waals surface area contributed by atoms with Gasteiger partial charge in [0.2, 0.25) is 0 Å². The predicted octanol–water partition coefficient (Wildman–Crippen LogP) is 4.39. The van der Waals surface area contributed by atoms with E-state index in [0.717, 1.165) is 12.1 Å². The van der Waals surface area contributed by atoms with Gasteiger partial charge >= 0.3 is 0 Å². The second-order valence-corrected chi connectivity index (χ2v) is 5.91. The lowest BCUT2D eigenvalue weighted by Gasteiger charge is -2.06. The van der Waals surface area contributed by atoms with Crippen molar-refractivity contribution in [2.24, 2.45) is 0 Å². The summed E-state index contributed by atoms with van der Waals surface area (Å²) in [4.78, 5) is 12.3. The fraction of sp³-hybridized carbons (Fsp3) is 0.158. The van der Waals surface area contributed by atoms with E-state index in [1.165, 1.54) is 5.56 Å². The van der Waals surface area contributed by atoms with E-state index >= 15 is 0 Å². The molecule has 1 heterocycles. The molecule has 25 heavy (non-hydrogen) atoms. The molecular formula is C19H18ClN3O2. The summed E-state index contributed by atoms with van der Waals surface area (Å²) in [7, 11) is 0. The molecule has 5 nitrogen and oxygen atoms in total. The highest BCUT2D eigenvalue weighted by Crippen LogP contribution is 2.17. The van der Waals surface area contributed by atoms with Crippen molar-refractivity contribution in [2.45, 2.75) is 20.1 Å². The number of nitrogens with zero attached hydrogens (tertiary/aromatic N) is 2. The van der Waals surface area contributed by atoms with E-state index in [4.69, 9.17) is 16.3 Å². The maximum absolute atomic E-state index is 12.3. The monoisotopic (exact) mass is 355 g/mol. The molecule has 0 aliphatic carbocycles. The standard InChI is InChI=1S/C19H18ClN3O2/c1-2-14-6-8-16(9-7-14)21-19(24)18-10-11-23(22-18)13-25-17-5-3-4-15(20)12-17/h3-12H,2,13H2,1H3,(H,21,24). The first-order valence-electron chi connectivity index (χ1n) is 7.96. The van der Waals surface area contributed by atoms with Crippen molar-refractivity contribution in [1.82, 2.24) is 9.78 Å². The maximum Gasteiger partial charge on any atom is 0.276 e. The average Bonchev–Trinajstić information content (AvgIpc) is 3.10. The molecule has 0 fully saturated rings. The van der Waals surface area contributed by atoms with Gasteiger partial charge in [0, 0.05) is 16.9 Å². The molecule has 3 rings (SSSR count). The summed E-state index contributed by atoms with van der Waals surface area (Å²) in [6.07, 6.45) is 2.66. The molecule has 2 aromatic carbocycles. The van der Waals surface area contributed by atoms with Crippen LogP contribution in [0, 0.1) is 0 Å². The summed E-state index contributed by atoms with van der Waals surface area (Å²) in [5, 5.41) is 7.66. The molecule has 1 N–H and O–H groups in total. The number of ether oxygens (including phenoxy) is 1. The quantitative estimate of drug-likeness (QED) is 0.713. The zero-order valence-corrected chi connectivity index (χ0v) is 14.5. The highest BCUT2D eigenvalue weighted by atomic mass is 35.5. The lowest BCUT2D eigenvalue weighted by molar-refractivity contribution is 0.102. The Morgan fingerprint density at radius 1 is 1.20 bits per heavy atom. The Labute approximate surface area is 151 Å². The molecule has 0 aliphatic rings. The van der Waals surface area contributed by atoms with Crippen LogP contribution in [0.5, 0.6) is 5.75 Å². The predicted molar refractivity (Wildman–Crippen MR) is 98.1 cm³/mol. The summed E-state index contributed by atoms with van der Waals surface area (Å²) < 4.78 is 7.15. The number of aryl methyl sites for hydroxylation is 1. The number of carbonyl (C=O) groups excluding carboxylic acids is 1. The van der Waals surface area contributed by atoms with E-state index in [1.54, 1.807) is 29.1 Å². The van der Waals surface area contributed by atoms with Crippen molar-refractivity contribution in [3.63, 3.8) is 0 Å². The number of rotatable bonds is 6. The van der Waals surface area contributed by atoms with Gasteiger partial charge in [0.05, 0.1) is 0 Å². The second-order valence-electron chi connectivity index (χ2n) is 5.48. The Bertz CT molecular complexity index is 859. The lowest BCUT2D eigenvalue weighted by Crippen LogP contribution is -2.14. The number of aromatic nitrogens is 2. The van der Waals surface area contributed by atoms with Gasteiger partial charge in [0.25, 0.3) is 5.91 Å². The van der Waals surface area contributed by atoms with Crippen LogP contribution in [0.1, 0.15) is 23.0 Å². The van der Waals surface area contributed by atoms with Gasteiger partial charge in [-0.25, -0.2) is 4.68 Å². The molecule has 128 valence electrons. The molecule has 6 heteroatoms. The molecule has 0 saturated heterocycles. The number of hydrogen-bond donors (Lipinski definition) is 1. The van der Waals surface area contributed by atoms with Crippen LogP contribution in [0.4, 0.5) is 5.69 Å². The summed E-state index contributed by atoms with van der Waals surface area (Å²) in [6.45, 7) is 2.28. The van der Waals surface area contributed by atoms with Crippen LogP contribution in [-0.4, -0.2) is 15.7 Å². The molecule has 0 bridgehead atoms. The molecule has 0 unspecified atom stereocenters. The number of anilines is 1. The fourth-order valence-corrected chi connectivity index (χ4v) is 2.45. The minimum atomic E-state index is -0.259. The largest absolute Gasteiger partial charge is 0.471 e. The Kier molecular flexibility index (Phi) is 5.36. The highest BCUT2D eigenvalue weighted by molar-refractivity contribution is 6.30. The van der Waals surface area contributed by atoms with Crippen LogP contribution >= 0.6 is 11.6 Å². The third kappa shape index (κ3) is 4.61. The number of amides is 1. The van der Waals surface area contributed by atoms with Gasteiger partial charge < -0.3 is 10.1 Å². The first kappa shape index (κ1) is 17.0. The molecule has 1 amide bonds. The minimum absolute atomic E-state index is 0.193. The highest BCUT2D eigenvalue weighted by Gasteiger charge is 2.10. The smallest absolute Gasteiger partial charge is 0.276 e. The summed E-state index contributed by atoms with van der Waals surface area (Å²) in [5.41, 5.74) is 2.29. The molecule has 0 saturated carbocycles. The average molecular weight is 356 g/mol. The van der Waals surface area contributed by atoms with E-state index < -0.39 is 0 Å². The molecule has 3 aromatic rings. The Balaban J connectivity index is 1.59. The van der Waals surface area contributed by atoms with Crippen LogP contribution in [-0.2, 0) is 13.2 Å². The van der Waals surface area contributed by atoms with Crippen molar-refractivity contribution in [1.29, 1.82) is 0 Å². The summed E-state index contributed by atoms with van der Waals surface area (Å²) in [5.74, 6) is 0.385. The van der Waals surface area contributed by atoms with Gasteiger partial charge in [-0.05, 0) is 48.4 Å². The Hall–Kier alpha value is -2.79. The molecule has 0 aliphatic heterocycles. The van der Waals surface area contributed by atoms with Crippen LogP contribution in [0.2, 0.25) is 5.02 Å². The molecular weight excluding hydrogens is 338 g/mol. The SMILES string of the molecule is CCc1ccc(NC(=O)c2ccn(COc3cccc(Cl)c3)n2)cc1. The van der Waals surface area contributed by atoms with Gasteiger partial charge in [-0.1, -0.05) is 36.7 Å². The number of halogens is 1. The number of nitrogens with one attached hydrogen (secondary N) is 1. The third-order valence-corrected chi connectivity index (χ3v) is 3.89. The van der Waals surface area contributed by atoms with Crippen LogP contribution in [0.25, 0.3) is 0 Å². The van der Waals surface area contributed by atoms with Crippen LogP contribution in [0.15, 0.2) is 60.8 Å². The minimum Gasteiger partial charge on any atom is -0.471 e. The van der Waals surface area contributed by atoms with Crippen molar-refractivity contribution >= 4 is 23.2 Å². The zero-order valence-electron chi connectivity index (χ0n) is 13.8. The summed E-state index contributed by atoms with van der Waals surface area (Å²) >= 11 is 5.91. The van der Waals surface area contributed by atoms with E-state index in [0.29, 0.717) is 16.5 Å². The van der Waals surface area contributed by atoms with Gasteiger partial charge in [0.1, 0.15) is 5.75 Å². The van der Waals surface area contributed by atoms with Crippen molar-refractivity contribution < 1.29 is 9.53 Å². The van der Waals surface area contributed by atoms with Crippen molar-refractivity contribution in [2.75, 3.05) is 5.32 Å². The summed E-state index contributed by atoms with van der Waals surface area (Å²) in [6, 6.07) is 16.5. The van der Waals surface area contributed by atoms with Crippen molar-refractivity contribution in [3.05, 3.63) is 77.1 Å². The molecule has 0 spiro atoms. The van der Waals surface area contributed by atoms with E-state index in [-0.39, 0.29) is 12.6 Å². The number of carbonyl (C=O) groups is 1. The Morgan fingerprint density at radius 3 is 2.72 bits per heavy atom. The fourth-order valence-electron chi connectivity index (χ4n) is 2.27. The van der Waals surface area contributed by atoms with Gasteiger partial charge in [-0.2, -0.15) is 5.10 Å². The van der Waals surface area contributed by atoms with Crippen LogP contribution in [0.3, 0.4) is 0 Å². The first-order chi connectivity index (χ1) is 12.1. The first-order valence-corrected chi connectivity index (χ1v) is 8.34. The lowest BCUT2D eigenvalue weighted by atomic mass is 10.1. The van der Waals surface area contributed by atoms with Crippen LogP contribution < -0.4 is 10.1 Å². The maximum atomic E-state index is 12.3. The third-order valence-electron chi connectivity index (χ3n) is 3.65. The Morgan fingerprint density at radius 2 is 2.00 bits per heavy atom. The van der Waals surface area contributed by atoms with Gasteiger partial charge in [0.15, 0.2) is 12.4 Å². The molecule has 1 aromatic heterocycles. The van der Waals surface area contributed by atoms with Crippen molar-refractivity contribution in [3.8, 4) is 5.75 Å². The van der Waals surface area contributed by atoms with E-state index in [2.05, 4.69) is 17.3 Å². The molecule has 0 atom stereocenters. The van der Waals surface area contributed by atoms with E-state index in [9.17, 15) is 4.79 Å². The second kappa shape index (κ2) is 7.85. The van der Waals surface area contributed by atoms with Gasteiger partial charge in [-0.3, -0.25) is 4.79 Å². The van der Waals surface area contributed by atoms with Gasteiger partial charge in [-0.15, -0.1) is 0 Å². The number of hydrogen-bond acceptors (Lipinski definition) is 3. The number of benzene rings is 2.